The average Bonchev–Trinajstić information content (AvgIpc) is 2.83. The molecule has 7 heteroatoms. The van der Waals surface area contributed by atoms with Gasteiger partial charge in [-0.15, -0.1) is 0 Å². The van der Waals surface area contributed by atoms with Crippen molar-refractivity contribution in [1.29, 1.82) is 0 Å². The molecule has 1 aromatic rings. The molecule has 0 saturated carbocycles. The van der Waals surface area contributed by atoms with Gasteiger partial charge in [-0.2, -0.15) is 4.57 Å². The van der Waals surface area contributed by atoms with E-state index in [4.69, 9.17) is 14.2 Å². The van der Waals surface area contributed by atoms with E-state index in [1.807, 2.05) is 16.8 Å². The van der Waals surface area contributed by atoms with Crippen molar-refractivity contribution in [2.75, 3.05) is 26.7 Å². The largest absolute Gasteiger partial charge is 1.00 e. The number of amides is 1. The van der Waals surface area contributed by atoms with Crippen LogP contribution in [0, 0.1) is 0 Å². The van der Waals surface area contributed by atoms with E-state index < -0.39 is 0 Å². The highest BCUT2D eigenvalue weighted by Crippen LogP contribution is 2.07. The maximum Gasteiger partial charge on any atom is 0.259 e. The highest BCUT2D eigenvalue weighted by Gasteiger charge is 2.10. The molecule has 0 spiro atoms. The van der Waals surface area contributed by atoms with Crippen molar-refractivity contribution in [2.45, 2.75) is 110 Å². The van der Waals surface area contributed by atoms with Crippen LogP contribution in [0.4, 0.5) is 0 Å². The van der Waals surface area contributed by atoms with Crippen molar-refractivity contribution < 1.29 is 36.0 Å². The fourth-order valence-corrected chi connectivity index (χ4v) is 3.61. The molecule has 0 saturated heterocycles. The maximum absolute atomic E-state index is 12.3. The van der Waals surface area contributed by atoms with Crippen LogP contribution in [-0.4, -0.2) is 32.6 Å². The first-order chi connectivity index (χ1) is 16.3. The lowest BCUT2D eigenvalue weighted by atomic mass is 10.1. The highest BCUT2D eigenvalue weighted by molar-refractivity contribution is 5.93. The van der Waals surface area contributed by atoms with Gasteiger partial charge in [0.15, 0.2) is 12.4 Å². The highest BCUT2D eigenvalue weighted by atomic mass is 35.5. The molecule has 0 aliphatic rings. The van der Waals surface area contributed by atoms with Gasteiger partial charge in [-0.1, -0.05) is 90.9 Å². The van der Waals surface area contributed by atoms with Gasteiger partial charge in [0.2, 0.25) is 0 Å². The number of carbonyl (C=O) groups excluding carboxylic acids is 1. The first-order valence-corrected chi connectivity index (χ1v) is 13.3. The van der Waals surface area contributed by atoms with Crippen LogP contribution in [0.5, 0.6) is 0 Å². The maximum atomic E-state index is 12.3. The molecule has 0 radical (unpaired) electrons. The molecule has 0 aromatic carbocycles. The fourth-order valence-electron chi connectivity index (χ4n) is 3.61. The van der Waals surface area contributed by atoms with E-state index in [1.165, 1.54) is 77.0 Å². The van der Waals surface area contributed by atoms with Gasteiger partial charge in [-0.25, -0.2) is 0 Å². The fraction of sp³-hybridized carbons (Fsp3) is 0.778. The Morgan fingerprint density at radius 2 is 1.35 bits per heavy atom. The Balaban J connectivity index is 0.0000109. The number of hydrogen-bond acceptors (Lipinski definition) is 4. The number of nitrogens with one attached hydrogen (secondary N) is 1. The Labute approximate surface area is 214 Å². The molecule has 0 atom stereocenters. The molecule has 1 amide bonds. The minimum atomic E-state index is -0.163. The topological polar surface area (TPSA) is 60.7 Å². The lowest BCUT2D eigenvalue weighted by Crippen LogP contribution is -3.00. The van der Waals surface area contributed by atoms with Gasteiger partial charge in [0.05, 0.1) is 6.61 Å². The molecule has 6 nitrogen and oxygen atoms in total. The summed E-state index contributed by atoms with van der Waals surface area (Å²) in [5.41, 5.74) is 0.588. The summed E-state index contributed by atoms with van der Waals surface area (Å²) in [5.74, 6) is -0.163. The molecule has 0 unspecified atom stereocenters. The summed E-state index contributed by atoms with van der Waals surface area (Å²) in [6.45, 7) is 6.74. The van der Waals surface area contributed by atoms with Gasteiger partial charge in [-0.05, 0) is 18.9 Å². The smallest absolute Gasteiger partial charge is 0.259 e. The van der Waals surface area contributed by atoms with Crippen molar-refractivity contribution in [2.24, 2.45) is 0 Å². The number of nitrogens with zero attached hydrogens (tertiary/aromatic N) is 1. The lowest BCUT2D eigenvalue weighted by molar-refractivity contribution is -0.732. The van der Waals surface area contributed by atoms with E-state index in [1.54, 1.807) is 12.3 Å². The van der Waals surface area contributed by atoms with Crippen LogP contribution in [0.25, 0.3) is 0 Å². The van der Waals surface area contributed by atoms with E-state index in [0.29, 0.717) is 18.9 Å². The van der Waals surface area contributed by atoms with Gasteiger partial charge in [-0.3, -0.25) is 4.79 Å². The zero-order valence-electron chi connectivity index (χ0n) is 21.7. The summed E-state index contributed by atoms with van der Waals surface area (Å²) in [6.07, 6.45) is 21.5. The van der Waals surface area contributed by atoms with Crippen molar-refractivity contribution in [3.63, 3.8) is 0 Å². The summed E-state index contributed by atoms with van der Waals surface area (Å²) in [4.78, 5) is 12.3. The van der Waals surface area contributed by atoms with Crippen molar-refractivity contribution in [3.8, 4) is 0 Å². The third kappa shape index (κ3) is 19.1. The van der Waals surface area contributed by atoms with Gasteiger partial charge in [0, 0.05) is 12.7 Å². The minimum absolute atomic E-state index is 0. The van der Waals surface area contributed by atoms with Gasteiger partial charge in [0.1, 0.15) is 19.1 Å². The number of pyridine rings is 1. The van der Waals surface area contributed by atoms with E-state index in [-0.39, 0.29) is 31.8 Å². The molecule has 0 aliphatic carbocycles. The van der Waals surface area contributed by atoms with Gasteiger partial charge < -0.3 is 31.9 Å². The first kappa shape index (κ1) is 32.8. The molecule has 1 heterocycles. The average molecular weight is 501 g/mol. The van der Waals surface area contributed by atoms with Crippen LogP contribution in [0.2, 0.25) is 0 Å². The standard InChI is InChI=1S/C27H48N2O4.ClH/c1-3-5-7-9-11-13-15-20-31-24-29-19-17-18-26(22-29)27(30)28-23-33-25-32-21-16-14-12-10-8-6-4-2;/h17-19,22H,3-16,20-21,23-25H2,1-2H3;1H. The van der Waals surface area contributed by atoms with E-state index >= 15 is 0 Å². The molecule has 1 rings (SSSR count). The molecule has 0 bridgehead atoms. The number of halogens is 1. The Morgan fingerprint density at radius 1 is 0.794 bits per heavy atom. The van der Waals surface area contributed by atoms with E-state index in [0.717, 1.165) is 19.4 Å². The van der Waals surface area contributed by atoms with Crippen LogP contribution >= 0.6 is 0 Å². The quantitative estimate of drug-likeness (QED) is 0.142. The van der Waals surface area contributed by atoms with Crippen LogP contribution < -0.4 is 22.3 Å². The molecule has 34 heavy (non-hydrogen) atoms. The number of ether oxygens (including phenoxy) is 3. The zero-order chi connectivity index (χ0) is 23.8. The van der Waals surface area contributed by atoms with Crippen molar-refractivity contribution in [3.05, 3.63) is 30.1 Å². The van der Waals surface area contributed by atoms with Crippen LogP contribution in [-0.2, 0) is 20.9 Å². The molecular weight excluding hydrogens is 452 g/mol. The summed E-state index contributed by atoms with van der Waals surface area (Å²) in [7, 11) is 0. The van der Waals surface area contributed by atoms with Crippen LogP contribution in [0.15, 0.2) is 24.5 Å². The third-order valence-corrected chi connectivity index (χ3v) is 5.65. The lowest BCUT2D eigenvalue weighted by Gasteiger charge is -2.07. The summed E-state index contributed by atoms with van der Waals surface area (Å²) in [5, 5.41) is 2.77. The van der Waals surface area contributed by atoms with Crippen LogP contribution in [0.3, 0.4) is 0 Å². The van der Waals surface area contributed by atoms with E-state index in [9.17, 15) is 4.79 Å². The second-order valence-corrected chi connectivity index (χ2v) is 8.77. The molecule has 198 valence electrons. The molecule has 0 fully saturated rings. The SMILES string of the molecule is CCCCCCCCCOCOCNC(=O)c1ccc[n+](COCCCCCCCCC)c1.[Cl-]. The van der Waals surface area contributed by atoms with Crippen LogP contribution in [0.1, 0.15) is 114 Å². The van der Waals surface area contributed by atoms with Crippen molar-refractivity contribution in [1.82, 2.24) is 5.32 Å². The Bertz CT molecular complexity index is 590. The molecule has 1 N–H and O–H groups in total. The second-order valence-electron chi connectivity index (χ2n) is 8.77. The Morgan fingerprint density at radius 3 is 1.97 bits per heavy atom. The monoisotopic (exact) mass is 500 g/mol. The molecular formula is C27H49ClN2O4. The third-order valence-electron chi connectivity index (χ3n) is 5.65. The number of rotatable bonds is 23. The minimum Gasteiger partial charge on any atom is -1.00 e. The Kier molecular flexibility index (Phi) is 24.0. The summed E-state index contributed by atoms with van der Waals surface area (Å²) in [6, 6.07) is 3.65. The second kappa shape index (κ2) is 24.9. The van der Waals surface area contributed by atoms with Gasteiger partial charge >= 0.3 is 0 Å². The normalized spacial score (nSPS) is 10.8. The number of carbonyl (C=O) groups is 1. The first-order valence-electron chi connectivity index (χ1n) is 13.3. The zero-order valence-corrected chi connectivity index (χ0v) is 22.5. The molecule has 0 aliphatic heterocycles. The number of unbranched alkanes of at least 4 members (excludes halogenated alkanes) is 12. The van der Waals surface area contributed by atoms with E-state index in [2.05, 4.69) is 19.2 Å². The summed E-state index contributed by atoms with van der Waals surface area (Å²) < 4.78 is 18.5. The number of hydrogen-bond donors (Lipinski definition) is 1. The molecule has 1 aromatic heterocycles. The number of aromatic nitrogens is 1. The summed E-state index contributed by atoms with van der Waals surface area (Å²) >= 11 is 0. The predicted octanol–water partition coefficient (Wildman–Crippen LogP) is 3.13. The Hall–Kier alpha value is -1.21. The predicted molar refractivity (Wildman–Crippen MR) is 133 cm³/mol. The van der Waals surface area contributed by atoms with Gasteiger partial charge in [0.25, 0.3) is 12.6 Å². The van der Waals surface area contributed by atoms with Crippen molar-refractivity contribution >= 4 is 5.91 Å².